The van der Waals surface area contributed by atoms with E-state index < -0.39 is 11.6 Å². The fourth-order valence-corrected chi connectivity index (χ4v) is 4.41. The first-order valence-corrected chi connectivity index (χ1v) is 8.79. The molecule has 26 heavy (non-hydrogen) atoms. The maximum atomic E-state index is 12.1. The number of rotatable bonds is 4. The van der Waals surface area contributed by atoms with Gasteiger partial charge in [0, 0.05) is 5.41 Å². The fourth-order valence-electron chi connectivity index (χ4n) is 4.41. The van der Waals surface area contributed by atoms with E-state index in [2.05, 4.69) is 11.4 Å². The van der Waals surface area contributed by atoms with Crippen molar-refractivity contribution in [2.75, 3.05) is 7.11 Å². The Morgan fingerprint density at radius 1 is 1.15 bits per heavy atom. The van der Waals surface area contributed by atoms with Gasteiger partial charge in [0.2, 0.25) is 0 Å². The minimum Gasteiger partial charge on any atom is -0.497 e. The van der Waals surface area contributed by atoms with Crippen LogP contribution in [0.25, 0.3) is 11.1 Å². The number of carbonyl (C=O) groups is 2. The van der Waals surface area contributed by atoms with Gasteiger partial charge in [-0.2, -0.15) is 0 Å². The standard InChI is InChI=1S/C21H21NO4/c1-26-17-4-2-3-14(12-17)15-5-6-18-16(11-15)7-8-20(9-10-20)21(18,13-23)22-19(24)25/h2-6,11-13,22H,7-10H2,1H3,(H,24,25)/t21-/m1/s1. The summed E-state index contributed by atoms with van der Waals surface area (Å²) >= 11 is 0. The zero-order valence-corrected chi connectivity index (χ0v) is 14.6. The molecule has 134 valence electrons. The average molecular weight is 351 g/mol. The number of hydrogen-bond acceptors (Lipinski definition) is 3. The third kappa shape index (κ3) is 2.38. The number of aryl methyl sites for hydroxylation is 1. The number of methoxy groups -OCH3 is 1. The summed E-state index contributed by atoms with van der Waals surface area (Å²) in [5.41, 5.74) is 2.48. The highest BCUT2D eigenvalue weighted by molar-refractivity contribution is 5.81. The molecule has 1 spiro atoms. The van der Waals surface area contributed by atoms with E-state index in [0.29, 0.717) is 0 Å². The summed E-state index contributed by atoms with van der Waals surface area (Å²) in [5, 5.41) is 11.9. The first kappa shape index (κ1) is 16.6. The summed E-state index contributed by atoms with van der Waals surface area (Å²) in [6.07, 6.45) is 3.07. The van der Waals surface area contributed by atoms with Crippen LogP contribution in [0.15, 0.2) is 42.5 Å². The molecule has 2 aromatic rings. The Labute approximate surface area is 152 Å². The molecule has 1 atom stereocenters. The van der Waals surface area contributed by atoms with Crippen LogP contribution in [0.3, 0.4) is 0 Å². The number of fused-ring (bicyclic) bond motifs is 1. The third-order valence-electron chi connectivity index (χ3n) is 5.98. The van der Waals surface area contributed by atoms with Gasteiger partial charge in [0.05, 0.1) is 7.11 Å². The van der Waals surface area contributed by atoms with Gasteiger partial charge >= 0.3 is 6.09 Å². The van der Waals surface area contributed by atoms with Crippen molar-refractivity contribution in [1.82, 2.24) is 5.32 Å². The minimum atomic E-state index is -1.16. The Bertz CT molecular complexity index is 887. The lowest BCUT2D eigenvalue weighted by Crippen LogP contribution is -2.55. The molecule has 2 aliphatic rings. The molecule has 0 bridgehead atoms. The quantitative estimate of drug-likeness (QED) is 0.823. The minimum absolute atomic E-state index is 0.266. The lowest BCUT2D eigenvalue weighted by Gasteiger charge is -2.42. The van der Waals surface area contributed by atoms with Crippen molar-refractivity contribution in [3.8, 4) is 16.9 Å². The van der Waals surface area contributed by atoms with Crippen molar-refractivity contribution >= 4 is 12.4 Å². The van der Waals surface area contributed by atoms with Crippen LogP contribution in [0.4, 0.5) is 4.79 Å². The maximum Gasteiger partial charge on any atom is 0.405 e. The van der Waals surface area contributed by atoms with Crippen molar-refractivity contribution in [1.29, 1.82) is 0 Å². The molecule has 0 radical (unpaired) electrons. The first-order chi connectivity index (χ1) is 12.5. The molecule has 0 aromatic heterocycles. The maximum absolute atomic E-state index is 12.1. The second-order valence-electron chi connectivity index (χ2n) is 7.24. The smallest absolute Gasteiger partial charge is 0.405 e. The normalized spacial score (nSPS) is 22.3. The number of carbonyl (C=O) groups excluding carboxylic acids is 1. The van der Waals surface area contributed by atoms with Crippen LogP contribution in [0.1, 0.15) is 30.4 Å². The van der Waals surface area contributed by atoms with Crippen molar-refractivity contribution in [2.45, 2.75) is 31.2 Å². The molecule has 2 N–H and O–H groups in total. The Kier molecular flexibility index (Phi) is 3.75. The van der Waals surface area contributed by atoms with E-state index in [1.165, 1.54) is 0 Å². The largest absolute Gasteiger partial charge is 0.497 e. The van der Waals surface area contributed by atoms with Gasteiger partial charge in [0.1, 0.15) is 11.3 Å². The molecule has 1 amide bonds. The van der Waals surface area contributed by atoms with Crippen molar-refractivity contribution < 1.29 is 19.4 Å². The number of ether oxygens (including phenoxy) is 1. The van der Waals surface area contributed by atoms with Gasteiger partial charge in [-0.3, -0.25) is 0 Å². The number of carboxylic acid groups (broad SMARTS) is 1. The van der Waals surface area contributed by atoms with E-state index in [1.807, 2.05) is 36.4 Å². The predicted molar refractivity (Wildman–Crippen MR) is 97.3 cm³/mol. The van der Waals surface area contributed by atoms with Gasteiger partial charge in [-0.05, 0) is 60.1 Å². The number of nitrogens with one attached hydrogen (secondary N) is 1. The number of benzene rings is 2. The van der Waals surface area contributed by atoms with Gasteiger partial charge < -0.3 is 20.0 Å². The highest BCUT2D eigenvalue weighted by Crippen LogP contribution is 2.63. The zero-order chi connectivity index (χ0) is 18.4. The number of aldehydes is 1. The van der Waals surface area contributed by atoms with E-state index in [0.717, 1.165) is 60.0 Å². The van der Waals surface area contributed by atoms with Crippen LogP contribution in [-0.2, 0) is 16.8 Å². The summed E-state index contributed by atoms with van der Waals surface area (Å²) in [4.78, 5) is 23.6. The summed E-state index contributed by atoms with van der Waals surface area (Å²) in [5.74, 6) is 0.784. The summed E-state index contributed by atoms with van der Waals surface area (Å²) < 4.78 is 5.30. The Hall–Kier alpha value is -2.82. The Morgan fingerprint density at radius 2 is 1.92 bits per heavy atom. The molecule has 0 unspecified atom stereocenters. The molecular weight excluding hydrogens is 330 g/mol. The lowest BCUT2D eigenvalue weighted by molar-refractivity contribution is -0.116. The Morgan fingerprint density at radius 3 is 2.58 bits per heavy atom. The fraction of sp³-hybridized carbons (Fsp3) is 0.333. The molecule has 1 saturated carbocycles. The summed E-state index contributed by atoms with van der Waals surface area (Å²) in [6, 6.07) is 13.8. The predicted octanol–water partition coefficient (Wildman–Crippen LogP) is 3.75. The molecule has 2 aromatic carbocycles. The van der Waals surface area contributed by atoms with Crippen LogP contribution in [0, 0.1) is 5.41 Å². The van der Waals surface area contributed by atoms with Crippen molar-refractivity contribution in [3.05, 3.63) is 53.6 Å². The molecule has 1 fully saturated rings. The van der Waals surface area contributed by atoms with E-state index in [-0.39, 0.29) is 5.41 Å². The van der Waals surface area contributed by atoms with Gasteiger partial charge in [0.15, 0.2) is 6.29 Å². The zero-order valence-electron chi connectivity index (χ0n) is 14.6. The van der Waals surface area contributed by atoms with Crippen LogP contribution < -0.4 is 10.1 Å². The van der Waals surface area contributed by atoms with E-state index >= 15 is 0 Å². The van der Waals surface area contributed by atoms with E-state index in [9.17, 15) is 14.7 Å². The van der Waals surface area contributed by atoms with Gasteiger partial charge in [-0.1, -0.05) is 30.3 Å². The number of amides is 1. The molecule has 0 saturated heterocycles. The van der Waals surface area contributed by atoms with E-state index in [4.69, 9.17) is 4.74 Å². The number of hydrogen-bond donors (Lipinski definition) is 2. The molecule has 0 aliphatic heterocycles. The molecule has 0 heterocycles. The highest BCUT2D eigenvalue weighted by Gasteiger charge is 2.63. The summed E-state index contributed by atoms with van der Waals surface area (Å²) in [6.45, 7) is 0. The molecule has 5 nitrogen and oxygen atoms in total. The second-order valence-corrected chi connectivity index (χ2v) is 7.24. The SMILES string of the molecule is COc1cccc(-c2ccc3c(c2)CCC2(CC2)[C@]3(C=O)NC(=O)O)c1. The Balaban J connectivity index is 1.81. The van der Waals surface area contributed by atoms with Crippen molar-refractivity contribution in [2.24, 2.45) is 5.41 Å². The van der Waals surface area contributed by atoms with E-state index in [1.54, 1.807) is 7.11 Å². The highest BCUT2D eigenvalue weighted by atomic mass is 16.5. The molecule has 5 heteroatoms. The van der Waals surface area contributed by atoms with Gasteiger partial charge in [-0.15, -0.1) is 0 Å². The lowest BCUT2D eigenvalue weighted by atomic mass is 9.67. The molecule has 4 rings (SSSR count). The van der Waals surface area contributed by atoms with Crippen LogP contribution >= 0.6 is 0 Å². The van der Waals surface area contributed by atoms with Crippen LogP contribution in [0.2, 0.25) is 0 Å². The monoisotopic (exact) mass is 351 g/mol. The first-order valence-electron chi connectivity index (χ1n) is 8.79. The van der Waals surface area contributed by atoms with Gasteiger partial charge in [0.25, 0.3) is 0 Å². The average Bonchev–Trinajstić information content (AvgIpc) is 3.45. The summed E-state index contributed by atoms with van der Waals surface area (Å²) in [7, 11) is 1.64. The molecule has 2 aliphatic carbocycles. The molecular formula is C21H21NO4. The second kappa shape index (κ2) is 5.87. The topological polar surface area (TPSA) is 75.6 Å². The van der Waals surface area contributed by atoms with Crippen LogP contribution in [0.5, 0.6) is 5.75 Å². The van der Waals surface area contributed by atoms with Crippen LogP contribution in [-0.4, -0.2) is 24.6 Å². The van der Waals surface area contributed by atoms with Gasteiger partial charge in [-0.25, -0.2) is 4.79 Å². The van der Waals surface area contributed by atoms with Crippen molar-refractivity contribution in [3.63, 3.8) is 0 Å². The third-order valence-corrected chi connectivity index (χ3v) is 5.98.